The molecule has 1 aromatic rings. The molecule has 0 aromatic heterocycles. The number of anilines is 2. The fourth-order valence-corrected chi connectivity index (χ4v) is 3.63. The molecular weight excluding hydrogens is 256 g/mol. The second kappa shape index (κ2) is 4.42. The van der Waals surface area contributed by atoms with Gasteiger partial charge in [-0.1, -0.05) is 11.6 Å². The van der Waals surface area contributed by atoms with Gasteiger partial charge in [-0.25, -0.2) is 0 Å². The van der Waals surface area contributed by atoms with Gasteiger partial charge >= 0.3 is 0 Å². The summed E-state index contributed by atoms with van der Waals surface area (Å²) in [5.74, 6) is 2.22. The van der Waals surface area contributed by atoms with Crippen molar-refractivity contribution in [3.8, 4) is 0 Å². The number of carbonyl (C=O) groups excluding carboxylic acids is 1. The summed E-state index contributed by atoms with van der Waals surface area (Å²) in [4.78, 5) is 14.1. The Morgan fingerprint density at radius 2 is 2.35 bits per heavy atom. The predicted molar refractivity (Wildman–Crippen MR) is 73.2 cm³/mol. The van der Waals surface area contributed by atoms with Crippen molar-refractivity contribution in [2.45, 2.75) is 12.5 Å². The molecule has 3 rings (SSSR count). The van der Waals surface area contributed by atoms with Crippen LogP contribution in [0.1, 0.15) is 6.42 Å². The van der Waals surface area contributed by atoms with Crippen molar-refractivity contribution in [3.05, 3.63) is 23.2 Å². The Morgan fingerprint density at radius 3 is 3.24 bits per heavy atom. The first-order valence-corrected chi connectivity index (χ1v) is 7.21. The van der Waals surface area contributed by atoms with Crippen LogP contribution in [0.3, 0.4) is 0 Å². The third-order valence-electron chi connectivity index (χ3n) is 3.19. The van der Waals surface area contributed by atoms with Crippen LogP contribution in [0, 0.1) is 0 Å². The van der Waals surface area contributed by atoms with Gasteiger partial charge < -0.3 is 10.2 Å². The third-order valence-corrected chi connectivity index (χ3v) is 4.52. The second-order valence-corrected chi connectivity index (χ2v) is 5.92. The first-order valence-electron chi connectivity index (χ1n) is 5.68. The van der Waals surface area contributed by atoms with Crippen molar-refractivity contribution in [1.29, 1.82) is 0 Å². The molecule has 1 N–H and O–H groups in total. The first-order chi connectivity index (χ1) is 8.24. The number of amides is 1. The highest BCUT2D eigenvalue weighted by molar-refractivity contribution is 7.99. The molecule has 17 heavy (non-hydrogen) atoms. The summed E-state index contributed by atoms with van der Waals surface area (Å²) in [6.07, 6.45) is 0.569. The maximum Gasteiger partial charge on any atom is 0.226 e. The van der Waals surface area contributed by atoms with E-state index in [0.717, 1.165) is 34.4 Å². The molecule has 0 saturated carbocycles. The zero-order valence-corrected chi connectivity index (χ0v) is 10.9. The fraction of sp³-hybridized carbons (Fsp3) is 0.417. The molecule has 90 valence electrons. The fourth-order valence-electron chi connectivity index (χ4n) is 2.40. The SMILES string of the molecule is O=C1CC2CSCCN2c2cc(Cl)ccc2N1. The molecule has 1 amide bonds. The molecule has 1 atom stereocenters. The third kappa shape index (κ3) is 2.11. The van der Waals surface area contributed by atoms with Gasteiger partial charge in [0.1, 0.15) is 0 Å². The Bertz CT molecular complexity index is 466. The summed E-state index contributed by atoms with van der Waals surface area (Å²) in [6, 6.07) is 5.96. The number of nitrogens with zero attached hydrogens (tertiary/aromatic N) is 1. The molecule has 0 radical (unpaired) electrons. The average Bonchev–Trinajstić information content (AvgIpc) is 2.45. The van der Waals surface area contributed by atoms with E-state index in [-0.39, 0.29) is 5.91 Å². The van der Waals surface area contributed by atoms with Gasteiger partial charge in [0, 0.05) is 35.5 Å². The van der Waals surface area contributed by atoms with Crippen molar-refractivity contribution < 1.29 is 4.79 Å². The van der Waals surface area contributed by atoms with Crippen molar-refractivity contribution in [3.63, 3.8) is 0 Å². The lowest BCUT2D eigenvalue weighted by molar-refractivity contribution is -0.116. The van der Waals surface area contributed by atoms with E-state index in [9.17, 15) is 4.79 Å². The molecular formula is C12H13ClN2OS. The Labute approximate surface area is 110 Å². The molecule has 2 heterocycles. The highest BCUT2D eigenvalue weighted by Crippen LogP contribution is 2.36. The van der Waals surface area contributed by atoms with Gasteiger partial charge in [-0.15, -0.1) is 0 Å². The molecule has 3 nitrogen and oxygen atoms in total. The topological polar surface area (TPSA) is 32.3 Å². The zero-order valence-electron chi connectivity index (χ0n) is 9.28. The monoisotopic (exact) mass is 268 g/mol. The van der Waals surface area contributed by atoms with Crippen LogP contribution in [-0.2, 0) is 4.79 Å². The van der Waals surface area contributed by atoms with Crippen molar-refractivity contribution in [2.75, 3.05) is 28.3 Å². The van der Waals surface area contributed by atoms with E-state index < -0.39 is 0 Å². The molecule has 1 aromatic carbocycles. The molecule has 2 aliphatic rings. The lowest BCUT2D eigenvalue weighted by Crippen LogP contribution is -2.42. The number of hydrogen-bond acceptors (Lipinski definition) is 3. The summed E-state index contributed by atoms with van der Waals surface area (Å²) >= 11 is 7.97. The van der Waals surface area contributed by atoms with Crippen LogP contribution < -0.4 is 10.2 Å². The van der Waals surface area contributed by atoms with Gasteiger partial charge in [0.25, 0.3) is 0 Å². The summed E-state index contributed by atoms with van der Waals surface area (Å²) < 4.78 is 0. The van der Waals surface area contributed by atoms with E-state index in [1.807, 2.05) is 30.0 Å². The number of carbonyl (C=O) groups is 1. The van der Waals surface area contributed by atoms with Gasteiger partial charge in [0.15, 0.2) is 0 Å². The molecule has 1 unspecified atom stereocenters. The van der Waals surface area contributed by atoms with E-state index in [2.05, 4.69) is 10.2 Å². The lowest BCUT2D eigenvalue weighted by Gasteiger charge is -2.35. The highest BCUT2D eigenvalue weighted by atomic mass is 35.5. The van der Waals surface area contributed by atoms with Crippen molar-refractivity contribution >= 4 is 40.6 Å². The van der Waals surface area contributed by atoms with Crippen molar-refractivity contribution in [2.24, 2.45) is 0 Å². The Hall–Kier alpha value is -0.870. The van der Waals surface area contributed by atoms with Crippen molar-refractivity contribution in [1.82, 2.24) is 0 Å². The van der Waals surface area contributed by atoms with E-state index in [0.29, 0.717) is 12.5 Å². The Morgan fingerprint density at radius 1 is 1.47 bits per heavy atom. The minimum Gasteiger partial charge on any atom is -0.365 e. The number of thioether (sulfide) groups is 1. The first kappa shape index (κ1) is 11.2. The largest absolute Gasteiger partial charge is 0.365 e. The van der Waals surface area contributed by atoms with E-state index >= 15 is 0 Å². The number of benzene rings is 1. The predicted octanol–water partition coefficient (Wildman–Crippen LogP) is 2.60. The summed E-state index contributed by atoms with van der Waals surface area (Å²) in [6.45, 7) is 0.984. The van der Waals surface area contributed by atoms with Gasteiger partial charge in [-0.2, -0.15) is 11.8 Å². The summed E-state index contributed by atoms with van der Waals surface area (Å²) in [7, 11) is 0. The van der Waals surface area contributed by atoms with Crippen LogP contribution in [0.25, 0.3) is 0 Å². The van der Waals surface area contributed by atoms with E-state index in [4.69, 9.17) is 11.6 Å². The number of halogens is 1. The van der Waals surface area contributed by atoms with E-state index in [1.165, 1.54) is 0 Å². The van der Waals surface area contributed by atoms with Crippen LogP contribution in [0.2, 0.25) is 5.02 Å². The van der Waals surface area contributed by atoms with Crippen LogP contribution in [0.4, 0.5) is 11.4 Å². The Kier molecular flexibility index (Phi) is 2.92. The Balaban J connectivity index is 2.07. The van der Waals surface area contributed by atoms with Gasteiger partial charge in [-0.3, -0.25) is 4.79 Å². The van der Waals surface area contributed by atoms with Gasteiger partial charge in [0.05, 0.1) is 11.4 Å². The molecule has 2 aliphatic heterocycles. The molecule has 1 saturated heterocycles. The normalized spacial score (nSPS) is 23.5. The summed E-state index contributed by atoms with van der Waals surface area (Å²) in [5.41, 5.74) is 1.95. The smallest absolute Gasteiger partial charge is 0.226 e. The quantitative estimate of drug-likeness (QED) is 0.785. The summed E-state index contributed by atoms with van der Waals surface area (Å²) in [5, 5.41) is 3.68. The lowest BCUT2D eigenvalue weighted by atomic mass is 10.1. The van der Waals surface area contributed by atoms with Crippen LogP contribution >= 0.6 is 23.4 Å². The molecule has 0 spiro atoms. The standard InChI is InChI=1S/C12H13ClN2OS/c13-8-1-2-10-11(5-8)15-3-4-17-7-9(15)6-12(16)14-10/h1-2,5,9H,3-4,6-7H2,(H,14,16). The minimum atomic E-state index is 0.101. The van der Waals surface area contributed by atoms with Crippen LogP contribution in [0.5, 0.6) is 0 Å². The van der Waals surface area contributed by atoms with Crippen LogP contribution in [0.15, 0.2) is 18.2 Å². The second-order valence-electron chi connectivity index (χ2n) is 4.34. The van der Waals surface area contributed by atoms with Gasteiger partial charge in [0.2, 0.25) is 5.91 Å². The maximum absolute atomic E-state index is 11.8. The highest BCUT2D eigenvalue weighted by Gasteiger charge is 2.30. The number of fused-ring (bicyclic) bond motifs is 3. The zero-order chi connectivity index (χ0) is 11.8. The van der Waals surface area contributed by atoms with Crippen LogP contribution in [-0.4, -0.2) is 30.0 Å². The molecule has 0 bridgehead atoms. The minimum absolute atomic E-state index is 0.101. The molecule has 0 aliphatic carbocycles. The molecule has 5 heteroatoms. The number of hydrogen-bond donors (Lipinski definition) is 1. The van der Waals surface area contributed by atoms with E-state index in [1.54, 1.807) is 0 Å². The maximum atomic E-state index is 11.8. The van der Waals surface area contributed by atoms with Gasteiger partial charge in [-0.05, 0) is 18.2 Å². The number of nitrogens with one attached hydrogen (secondary N) is 1. The molecule has 1 fully saturated rings. The number of rotatable bonds is 0. The average molecular weight is 269 g/mol.